The highest BCUT2D eigenvalue weighted by atomic mass is 16.5. The SMILES string of the molecule is CCCCC(C(=O)OCCC)C(=O)c1c(OC)cccc1OC. The van der Waals surface area contributed by atoms with Crippen molar-refractivity contribution in [3.8, 4) is 11.5 Å². The Morgan fingerprint density at radius 3 is 2.13 bits per heavy atom. The smallest absolute Gasteiger partial charge is 0.316 e. The second-order valence-electron chi connectivity index (χ2n) is 5.26. The molecule has 0 aliphatic carbocycles. The molecule has 0 saturated carbocycles. The Morgan fingerprint density at radius 2 is 1.65 bits per heavy atom. The van der Waals surface area contributed by atoms with Gasteiger partial charge in [0, 0.05) is 0 Å². The number of methoxy groups -OCH3 is 2. The van der Waals surface area contributed by atoms with Crippen LogP contribution in [0.5, 0.6) is 11.5 Å². The van der Waals surface area contributed by atoms with Gasteiger partial charge in [0.05, 0.1) is 20.8 Å². The minimum atomic E-state index is -0.827. The molecule has 0 aliphatic rings. The first-order valence-corrected chi connectivity index (χ1v) is 8.02. The highest BCUT2D eigenvalue weighted by molar-refractivity contribution is 6.11. The summed E-state index contributed by atoms with van der Waals surface area (Å²) in [5, 5.41) is 0. The molecule has 5 nitrogen and oxygen atoms in total. The molecule has 0 aromatic heterocycles. The number of hydrogen-bond acceptors (Lipinski definition) is 5. The zero-order chi connectivity index (χ0) is 17.2. The molecular formula is C18H26O5. The molecule has 0 saturated heterocycles. The molecule has 0 aliphatic heterocycles. The molecule has 1 unspecified atom stereocenters. The fourth-order valence-electron chi connectivity index (χ4n) is 2.34. The van der Waals surface area contributed by atoms with Crippen molar-refractivity contribution in [2.24, 2.45) is 5.92 Å². The van der Waals surface area contributed by atoms with E-state index >= 15 is 0 Å². The normalized spacial score (nSPS) is 11.7. The number of hydrogen-bond donors (Lipinski definition) is 0. The average molecular weight is 322 g/mol. The summed E-state index contributed by atoms with van der Waals surface area (Å²) in [6.45, 7) is 4.25. The van der Waals surface area contributed by atoms with Gasteiger partial charge in [-0.3, -0.25) is 9.59 Å². The second kappa shape index (κ2) is 9.87. The van der Waals surface area contributed by atoms with Crippen molar-refractivity contribution in [1.29, 1.82) is 0 Å². The number of esters is 1. The Hall–Kier alpha value is -2.04. The Balaban J connectivity index is 3.15. The maximum Gasteiger partial charge on any atom is 0.316 e. The fourth-order valence-corrected chi connectivity index (χ4v) is 2.34. The van der Waals surface area contributed by atoms with Gasteiger partial charge in [0.25, 0.3) is 0 Å². The van der Waals surface area contributed by atoms with Crippen LogP contribution < -0.4 is 9.47 Å². The van der Waals surface area contributed by atoms with Gasteiger partial charge in [-0.05, 0) is 25.0 Å². The monoisotopic (exact) mass is 322 g/mol. The van der Waals surface area contributed by atoms with Crippen LogP contribution in [0.3, 0.4) is 0 Å². The van der Waals surface area contributed by atoms with Crippen molar-refractivity contribution in [1.82, 2.24) is 0 Å². The number of ketones is 1. The topological polar surface area (TPSA) is 61.8 Å². The van der Waals surface area contributed by atoms with Crippen LogP contribution >= 0.6 is 0 Å². The lowest BCUT2D eigenvalue weighted by atomic mass is 9.91. The van der Waals surface area contributed by atoms with E-state index in [1.54, 1.807) is 18.2 Å². The number of unbranched alkanes of at least 4 members (excludes halogenated alkanes) is 1. The first kappa shape index (κ1) is 19.0. The van der Waals surface area contributed by atoms with Crippen molar-refractivity contribution in [2.45, 2.75) is 39.5 Å². The minimum Gasteiger partial charge on any atom is -0.496 e. The van der Waals surface area contributed by atoms with E-state index in [0.29, 0.717) is 30.1 Å². The molecule has 0 radical (unpaired) electrons. The van der Waals surface area contributed by atoms with Crippen LogP contribution in [-0.2, 0) is 9.53 Å². The predicted molar refractivity (Wildman–Crippen MR) is 88.1 cm³/mol. The van der Waals surface area contributed by atoms with Crippen LogP contribution in [0.2, 0.25) is 0 Å². The lowest BCUT2D eigenvalue weighted by Crippen LogP contribution is -2.27. The molecule has 1 rings (SSSR count). The van der Waals surface area contributed by atoms with E-state index in [1.165, 1.54) is 14.2 Å². The largest absolute Gasteiger partial charge is 0.496 e. The van der Waals surface area contributed by atoms with Crippen molar-refractivity contribution in [3.63, 3.8) is 0 Å². The number of benzene rings is 1. The summed E-state index contributed by atoms with van der Waals surface area (Å²) >= 11 is 0. The fraction of sp³-hybridized carbons (Fsp3) is 0.556. The molecule has 0 amide bonds. The standard InChI is InChI=1S/C18H26O5/c1-5-7-9-13(18(20)23-12-6-2)17(19)16-14(21-3)10-8-11-15(16)22-4/h8,10-11,13H,5-7,9,12H2,1-4H3. The van der Waals surface area contributed by atoms with Crippen molar-refractivity contribution < 1.29 is 23.8 Å². The van der Waals surface area contributed by atoms with Gasteiger partial charge in [0.1, 0.15) is 23.0 Å². The van der Waals surface area contributed by atoms with Gasteiger partial charge < -0.3 is 14.2 Å². The van der Waals surface area contributed by atoms with E-state index < -0.39 is 11.9 Å². The van der Waals surface area contributed by atoms with Crippen molar-refractivity contribution in [2.75, 3.05) is 20.8 Å². The summed E-state index contributed by atoms with van der Waals surface area (Å²) in [5.41, 5.74) is 0.298. The van der Waals surface area contributed by atoms with Crippen LogP contribution in [0.1, 0.15) is 49.9 Å². The second-order valence-corrected chi connectivity index (χ2v) is 5.26. The highest BCUT2D eigenvalue weighted by Crippen LogP contribution is 2.32. The van der Waals surface area contributed by atoms with Crippen LogP contribution in [-0.4, -0.2) is 32.6 Å². The lowest BCUT2D eigenvalue weighted by molar-refractivity contribution is -0.147. The van der Waals surface area contributed by atoms with Crippen LogP contribution in [0, 0.1) is 5.92 Å². The van der Waals surface area contributed by atoms with Crippen molar-refractivity contribution >= 4 is 11.8 Å². The summed E-state index contributed by atoms with van der Waals surface area (Å²) in [6, 6.07) is 5.11. The third-order valence-electron chi connectivity index (χ3n) is 3.57. The highest BCUT2D eigenvalue weighted by Gasteiger charge is 2.32. The van der Waals surface area contributed by atoms with Crippen LogP contribution in [0.25, 0.3) is 0 Å². The van der Waals surface area contributed by atoms with Gasteiger partial charge in [0.2, 0.25) is 0 Å². The Labute approximate surface area is 137 Å². The third kappa shape index (κ3) is 4.98. The number of Topliss-reactive ketones (excluding diaryl/α,β-unsaturated/α-hetero) is 1. The van der Waals surface area contributed by atoms with E-state index in [2.05, 4.69) is 0 Å². The van der Waals surface area contributed by atoms with Crippen molar-refractivity contribution in [3.05, 3.63) is 23.8 Å². The van der Waals surface area contributed by atoms with E-state index in [4.69, 9.17) is 14.2 Å². The van der Waals surface area contributed by atoms with Gasteiger partial charge in [-0.25, -0.2) is 0 Å². The summed E-state index contributed by atoms with van der Waals surface area (Å²) in [5.74, 6) is -0.808. The Morgan fingerprint density at radius 1 is 1.04 bits per heavy atom. The summed E-state index contributed by atoms with van der Waals surface area (Å²) in [7, 11) is 2.98. The van der Waals surface area contributed by atoms with Gasteiger partial charge in [-0.1, -0.05) is 32.8 Å². The molecule has 0 fully saturated rings. The summed E-state index contributed by atoms with van der Waals surface area (Å²) in [6.07, 6.45) is 2.85. The summed E-state index contributed by atoms with van der Waals surface area (Å²) in [4.78, 5) is 25.3. The average Bonchev–Trinajstić information content (AvgIpc) is 2.58. The van der Waals surface area contributed by atoms with Gasteiger partial charge in [0.15, 0.2) is 5.78 Å². The Bertz CT molecular complexity index is 502. The van der Waals surface area contributed by atoms with E-state index in [1.807, 2.05) is 13.8 Å². The lowest BCUT2D eigenvalue weighted by Gasteiger charge is -2.18. The summed E-state index contributed by atoms with van der Waals surface area (Å²) < 4.78 is 15.7. The number of carbonyl (C=O) groups excluding carboxylic acids is 2. The van der Waals surface area contributed by atoms with Gasteiger partial charge in [-0.2, -0.15) is 0 Å². The van der Waals surface area contributed by atoms with E-state index in [-0.39, 0.29) is 5.78 Å². The quantitative estimate of drug-likeness (QED) is 0.374. The van der Waals surface area contributed by atoms with E-state index in [0.717, 1.165) is 19.3 Å². The van der Waals surface area contributed by atoms with Crippen LogP contribution in [0.15, 0.2) is 18.2 Å². The molecular weight excluding hydrogens is 296 g/mol. The molecule has 0 spiro atoms. The predicted octanol–water partition coefficient (Wildman–Crippen LogP) is 3.65. The molecule has 1 aromatic carbocycles. The molecule has 0 bridgehead atoms. The number of rotatable bonds is 10. The zero-order valence-electron chi connectivity index (χ0n) is 14.4. The molecule has 5 heteroatoms. The molecule has 23 heavy (non-hydrogen) atoms. The molecule has 1 atom stereocenters. The number of ether oxygens (including phenoxy) is 3. The third-order valence-corrected chi connectivity index (χ3v) is 3.57. The molecule has 0 heterocycles. The molecule has 0 N–H and O–H groups in total. The maximum atomic E-state index is 13.0. The maximum absolute atomic E-state index is 13.0. The van der Waals surface area contributed by atoms with Gasteiger partial charge >= 0.3 is 5.97 Å². The van der Waals surface area contributed by atoms with E-state index in [9.17, 15) is 9.59 Å². The van der Waals surface area contributed by atoms with Crippen LogP contribution in [0.4, 0.5) is 0 Å². The molecule has 1 aromatic rings. The van der Waals surface area contributed by atoms with Gasteiger partial charge in [-0.15, -0.1) is 0 Å². The number of carbonyl (C=O) groups is 2. The first-order chi connectivity index (χ1) is 11.1. The Kier molecular flexibility index (Phi) is 8.16. The minimum absolute atomic E-state index is 0.298. The molecule has 128 valence electrons. The zero-order valence-corrected chi connectivity index (χ0v) is 14.4. The first-order valence-electron chi connectivity index (χ1n) is 8.02.